The van der Waals surface area contributed by atoms with E-state index < -0.39 is 0 Å². The Bertz CT molecular complexity index is 455. The fourth-order valence-electron chi connectivity index (χ4n) is 1.78. The number of hydrogen-bond donors (Lipinski definition) is 0. The van der Waals surface area contributed by atoms with Gasteiger partial charge in [-0.1, -0.05) is 6.07 Å². The first-order chi connectivity index (χ1) is 7.18. The molecule has 2 nitrogen and oxygen atoms in total. The number of nitrogens with zero attached hydrogens (tertiary/aromatic N) is 2. The summed E-state index contributed by atoms with van der Waals surface area (Å²) in [6.07, 6.45) is 5.93. The van der Waals surface area contributed by atoms with Gasteiger partial charge < -0.3 is 4.57 Å². The molecule has 2 heteroatoms. The summed E-state index contributed by atoms with van der Waals surface area (Å²) in [6.45, 7) is 7.40. The summed E-state index contributed by atoms with van der Waals surface area (Å²) in [5.74, 6) is 0. The minimum Gasteiger partial charge on any atom is -0.347 e. The molecule has 0 aliphatic carbocycles. The van der Waals surface area contributed by atoms with Crippen LogP contribution in [-0.4, -0.2) is 9.55 Å². The van der Waals surface area contributed by atoms with E-state index in [2.05, 4.69) is 42.6 Å². The van der Waals surface area contributed by atoms with E-state index in [1.54, 1.807) is 0 Å². The van der Waals surface area contributed by atoms with E-state index in [1.807, 2.05) is 18.5 Å². The summed E-state index contributed by atoms with van der Waals surface area (Å²) in [7, 11) is 0. The summed E-state index contributed by atoms with van der Waals surface area (Å²) in [5.41, 5.74) is 5.34. The van der Waals surface area contributed by atoms with Crippen LogP contribution in [0, 0.1) is 20.8 Å². The molecule has 0 bridgehead atoms. The van der Waals surface area contributed by atoms with Gasteiger partial charge >= 0.3 is 0 Å². The van der Waals surface area contributed by atoms with Crippen molar-refractivity contribution in [2.75, 3.05) is 0 Å². The number of pyridine rings is 1. The lowest BCUT2D eigenvalue weighted by atomic mass is 10.2. The lowest BCUT2D eigenvalue weighted by Gasteiger charge is -2.05. The van der Waals surface area contributed by atoms with Gasteiger partial charge in [-0.15, -0.1) is 0 Å². The predicted octanol–water partition coefficient (Wildman–Crippen LogP) is 2.86. The Morgan fingerprint density at radius 3 is 2.60 bits per heavy atom. The summed E-state index contributed by atoms with van der Waals surface area (Å²) in [4.78, 5) is 4.13. The van der Waals surface area contributed by atoms with E-state index >= 15 is 0 Å². The lowest BCUT2D eigenvalue weighted by Crippen LogP contribution is -2.00. The van der Waals surface area contributed by atoms with Crippen LogP contribution in [0.25, 0.3) is 0 Å². The Hall–Kier alpha value is -1.57. The number of aromatic nitrogens is 2. The smallest absolute Gasteiger partial charge is 0.0488 e. The lowest BCUT2D eigenvalue weighted by molar-refractivity contribution is 0.769. The molecule has 0 atom stereocenters. The molecule has 2 aromatic rings. The SMILES string of the molecule is Cc1cn(Cc2cccnc2)c(C)c1C. The Morgan fingerprint density at radius 1 is 1.27 bits per heavy atom. The summed E-state index contributed by atoms with van der Waals surface area (Å²) in [6, 6.07) is 4.09. The van der Waals surface area contributed by atoms with Crippen molar-refractivity contribution in [1.82, 2.24) is 9.55 Å². The second-order valence-electron chi connectivity index (χ2n) is 4.01. The van der Waals surface area contributed by atoms with Gasteiger partial charge in [0.2, 0.25) is 0 Å². The van der Waals surface area contributed by atoms with Gasteiger partial charge in [-0.05, 0) is 43.5 Å². The average Bonchev–Trinajstić information content (AvgIpc) is 2.48. The molecule has 2 rings (SSSR count). The maximum Gasteiger partial charge on any atom is 0.0488 e. The first-order valence-corrected chi connectivity index (χ1v) is 5.20. The highest BCUT2D eigenvalue weighted by Gasteiger charge is 2.05. The van der Waals surface area contributed by atoms with Crippen molar-refractivity contribution in [3.05, 3.63) is 53.1 Å². The zero-order valence-electron chi connectivity index (χ0n) is 9.49. The van der Waals surface area contributed by atoms with Gasteiger partial charge in [0, 0.05) is 30.8 Å². The Kier molecular flexibility index (Phi) is 2.58. The Labute approximate surface area is 90.6 Å². The summed E-state index contributed by atoms with van der Waals surface area (Å²) in [5, 5.41) is 0. The Morgan fingerprint density at radius 2 is 2.07 bits per heavy atom. The van der Waals surface area contributed by atoms with Gasteiger partial charge in [0.15, 0.2) is 0 Å². The van der Waals surface area contributed by atoms with Crippen LogP contribution in [0.5, 0.6) is 0 Å². The fourth-order valence-corrected chi connectivity index (χ4v) is 1.78. The highest BCUT2D eigenvalue weighted by molar-refractivity contribution is 5.29. The van der Waals surface area contributed by atoms with Crippen LogP contribution in [0.15, 0.2) is 30.7 Å². The maximum absolute atomic E-state index is 4.13. The van der Waals surface area contributed by atoms with Crippen LogP contribution >= 0.6 is 0 Å². The minimum absolute atomic E-state index is 0.911. The van der Waals surface area contributed by atoms with Gasteiger partial charge in [-0.25, -0.2) is 0 Å². The van der Waals surface area contributed by atoms with Gasteiger partial charge in [0.05, 0.1) is 0 Å². The topological polar surface area (TPSA) is 17.8 Å². The van der Waals surface area contributed by atoms with Crippen LogP contribution in [0.4, 0.5) is 0 Å². The van der Waals surface area contributed by atoms with Gasteiger partial charge in [0.1, 0.15) is 0 Å². The van der Waals surface area contributed by atoms with Crippen molar-refractivity contribution in [1.29, 1.82) is 0 Å². The highest BCUT2D eigenvalue weighted by atomic mass is 15.0. The predicted molar refractivity (Wildman–Crippen MR) is 62.0 cm³/mol. The summed E-state index contributed by atoms with van der Waals surface area (Å²) < 4.78 is 2.28. The van der Waals surface area contributed by atoms with Crippen molar-refractivity contribution in [2.45, 2.75) is 27.3 Å². The number of aryl methyl sites for hydroxylation is 1. The second kappa shape index (κ2) is 3.89. The molecule has 0 saturated carbocycles. The van der Waals surface area contributed by atoms with Crippen LogP contribution in [-0.2, 0) is 6.54 Å². The van der Waals surface area contributed by atoms with Crippen molar-refractivity contribution < 1.29 is 0 Å². The molecule has 2 heterocycles. The van der Waals surface area contributed by atoms with Crippen LogP contribution in [0.2, 0.25) is 0 Å². The normalized spacial score (nSPS) is 10.6. The second-order valence-corrected chi connectivity index (χ2v) is 4.01. The third-order valence-corrected chi connectivity index (χ3v) is 2.99. The van der Waals surface area contributed by atoms with E-state index in [4.69, 9.17) is 0 Å². The van der Waals surface area contributed by atoms with E-state index in [1.165, 1.54) is 22.4 Å². The van der Waals surface area contributed by atoms with Gasteiger partial charge in [-0.2, -0.15) is 0 Å². The fraction of sp³-hybridized carbons (Fsp3) is 0.308. The molecule has 0 aromatic carbocycles. The van der Waals surface area contributed by atoms with E-state index in [-0.39, 0.29) is 0 Å². The Balaban J connectivity index is 2.29. The minimum atomic E-state index is 0.911. The van der Waals surface area contributed by atoms with Crippen LogP contribution < -0.4 is 0 Å². The third kappa shape index (κ3) is 1.94. The molecule has 0 spiro atoms. The molecule has 0 fully saturated rings. The molecule has 0 aliphatic heterocycles. The molecule has 0 aliphatic rings. The first-order valence-electron chi connectivity index (χ1n) is 5.20. The number of rotatable bonds is 2. The molecule has 0 unspecified atom stereocenters. The quantitative estimate of drug-likeness (QED) is 0.729. The zero-order chi connectivity index (χ0) is 10.8. The van der Waals surface area contributed by atoms with E-state index in [0.717, 1.165) is 6.54 Å². The van der Waals surface area contributed by atoms with E-state index in [0.29, 0.717) is 0 Å². The molecular formula is C13H16N2. The average molecular weight is 200 g/mol. The third-order valence-electron chi connectivity index (χ3n) is 2.99. The summed E-state index contributed by atoms with van der Waals surface area (Å²) >= 11 is 0. The monoisotopic (exact) mass is 200 g/mol. The molecule has 0 N–H and O–H groups in total. The largest absolute Gasteiger partial charge is 0.347 e. The molecule has 0 saturated heterocycles. The number of hydrogen-bond acceptors (Lipinski definition) is 1. The highest BCUT2D eigenvalue weighted by Crippen LogP contribution is 2.15. The maximum atomic E-state index is 4.13. The first kappa shape index (κ1) is 9.97. The van der Waals surface area contributed by atoms with Crippen molar-refractivity contribution in [2.24, 2.45) is 0 Å². The molecule has 2 aromatic heterocycles. The van der Waals surface area contributed by atoms with Crippen molar-refractivity contribution in [3.8, 4) is 0 Å². The van der Waals surface area contributed by atoms with E-state index in [9.17, 15) is 0 Å². The van der Waals surface area contributed by atoms with Gasteiger partial charge in [-0.3, -0.25) is 4.98 Å². The molecular weight excluding hydrogens is 184 g/mol. The molecule has 0 amide bonds. The van der Waals surface area contributed by atoms with Crippen molar-refractivity contribution in [3.63, 3.8) is 0 Å². The molecule has 0 radical (unpaired) electrons. The molecule has 15 heavy (non-hydrogen) atoms. The zero-order valence-corrected chi connectivity index (χ0v) is 9.49. The molecule has 78 valence electrons. The standard InChI is InChI=1S/C13H16N2/c1-10-8-15(12(3)11(10)2)9-13-5-4-6-14-7-13/h4-8H,9H2,1-3H3. The van der Waals surface area contributed by atoms with Crippen LogP contribution in [0.1, 0.15) is 22.4 Å². The van der Waals surface area contributed by atoms with Gasteiger partial charge in [0.25, 0.3) is 0 Å². The van der Waals surface area contributed by atoms with Crippen molar-refractivity contribution >= 4 is 0 Å². The van der Waals surface area contributed by atoms with Crippen LogP contribution in [0.3, 0.4) is 0 Å².